The Bertz CT molecular complexity index is 477. The summed E-state index contributed by atoms with van der Waals surface area (Å²) in [4.78, 5) is 12.2. The van der Waals surface area contributed by atoms with Crippen molar-refractivity contribution in [2.45, 2.75) is 13.8 Å². The number of nitrogens with one attached hydrogen (secondary N) is 1. The van der Waals surface area contributed by atoms with Gasteiger partial charge in [0.25, 0.3) is 0 Å². The lowest BCUT2D eigenvalue weighted by Crippen LogP contribution is -2.44. The van der Waals surface area contributed by atoms with Crippen LogP contribution in [-0.4, -0.2) is 18.9 Å². The van der Waals surface area contributed by atoms with Crippen molar-refractivity contribution in [2.75, 3.05) is 13.1 Å². The van der Waals surface area contributed by atoms with Crippen LogP contribution in [0.4, 0.5) is 0 Å². The van der Waals surface area contributed by atoms with Crippen molar-refractivity contribution in [1.29, 1.82) is 0 Å². The first kappa shape index (κ1) is 12.3. The maximum absolute atomic E-state index is 12.2. The summed E-state index contributed by atoms with van der Waals surface area (Å²) in [6.45, 7) is 5.27. The fraction of sp³-hybridized carbons (Fsp3) is 0.357. The smallest absolute Gasteiger partial charge is 0.167 e. The summed E-state index contributed by atoms with van der Waals surface area (Å²) in [6, 6.07) is 7.56. The zero-order valence-corrected chi connectivity index (χ0v) is 10.8. The second-order valence-electron chi connectivity index (χ2n) is 5.01. The van der Waals surface area contributed by atoms with Gasteiger partial charge in [0.1, 0.15) is 0 Å². The van der Waals surface area contributed by atoms with E-state index in [1.54, 1.807) is 0 Å². The highest BCUT2D eigenvalue weighted by Gasteiger charge is 2.33. The van der Waals surface area contributed by atoms with Crippen molar-refractivity contribution in [3.63, 3.8) is 0 Å². The van der Waals surface area contributed by atoms with Crippen LogP contribution in [0, 0.1) is 5.41 Å². The maximum atomic E-state index is 12.2. The number of carbonyl (C=O) groups excluding carboxylic acids is 1. The molecule has 0 aliphatic carbocycles. The molecule has 1 aliphatic heterocycles. The first-order valence-electron chi connectivity index (χ1n) is 5.71. The number of hydrogen-bond donors (Lipinski definition) is 1. The minimum Gasteiger partial charge on any atom is -0.312 e. The van der Waals surface area contributed by atoms with Crippen molar-refractivity contribution in [2.24, 2.45) is 5.41 Å². The average molecular weight is 250 g/mol. The van der Waals surface area contributed by atoms with Gasteiger partial charge in [-0.25, -0.2) is 0 Å². The van der Waals surface area contributed by atoms with E-state index < -0.39 is 0 Å². The van der Waals surface area contributed by atoms with Crippen molar-refractivity contribution < 1.29 is 4.79 Å². The van der Waals surface area contributed by atoms with Gasteiger partial charge in [0, 0.05) is 29.1 Å². The molecule has 1 fully saturated rings. The molecule has 1 N–H and O–H groups in total. The van der Waals surface area contributed by atoms with Gasteiger partial charge in [-0.1, -0.05) is 43.6 Å². The van der Waals surface area contributed by atoms with Crippen molar-refractivity contribution in [3.8, 4) is 0 Å². The van der Waals surface area contributed by atoms with Crippen molar-refractivity contribution >= 4 is 23.5 Å². The summed E-state index contributed by atoms with van der Waals surface area (Å²) in [6.07, 6.45) is 1.89. The van der Waals surface area contributed by atoms with Crippen LogP contribution in [0.1, 0.15) is 19.4 Å². The van der Waals surface area contributed by atoms with Gasteiger partial charge in [-0.05, 0) is 17.7 Å². The van der Waals surface area contributed by atoms with E-state index in [4.69, 9.17) is 11.6 Å². The van der Waals surface area contributed by atoms with Crippen molar-refractivity contribution in [3.05, 3.63) is 40.4 Å². The molecule has 1 aliphatic rings. The standard InChI is InChI=1S/C14H16ClNO/c1-14(2)9-16-8-11(13(14)17)7-10-5-3-4-6-12(10)15/h3-7,16H,8-9H2,1-2H3/b11-7+. The monoisotopic (exact) mass is 249 g/mol. The quantitative estimate of drug-likeness (QED) is 0.776. The number of hydrogen-bond acceptors (Lipinski definition) is 2. The van der Waals surface area contributed by atoms with Crippen LogP contribution >= 0.6 is 11.6 Å². The van der Waals surface area contributed by atoms with Gasteiger partial charge in [0.15, 0.2) is 5.78 Å². The number of ketones is 1. The van der Waals surface area contributed by atoms with Crippen LogP contribution < -0.4 is 5.32 Å². The van der Waals surface area contributed by atoms with E-state index in [2.05, 4.69) is 5.32 Å². The Morgan fingerprint density at radius 1 is 1.35 bits per heavy atom. The van der Waals surface area contributed by atoms with E-state index in [-0.39, 0.29) is 11.2 Å². The molecule has 17 heavy (non-hydrogen) atoms. The molecule has 1 aromatic rings. The summed E-state index contributed by atoms with van der Waals surface area (Å²) in [5.74, 6) is 0.205. The summed E-state index contributed by atoms with van der Waals surface area (Å²) in [7, 11) is 0. The molecule has 0 radical (unpaired) electrons. The normalized spacial score (nSPS) is 21.8. The Morgan fingerprint density at radius 3 is 2.76 bits per heavy atom. The van der Waals surface area contributed by atoms with E-state index in [1.165, 1.54) is 0 Å². The SMILES string of the molecule is CC1(C)CNC/C(=C\c2ccccc2Cl)C1=O. The molecule has 1 aromatic carbocycles. The molecule has 0 amide bonds. The lowest BCUT2D eigenvalue weighted by atomic mass is 9.80. The first-order chi connectivity index (χ1) is 8.00. The molecule has 90 valence electrons. The number of benzene rings is 1. The van der Waals surface area contributed by atoms with Crippen LogP contribution in [-0.2, 0) is 4.79 Å². The predicted molar refractivity (Wildman–Crippen MR) is 71.1 cm³/mol. The van der Waals surface area contributed by atoms with Crippen molar-refractivity contribution in [1.82, 2.24) is 5.32 Å². The van der Waals surface area contributed by atoms with Gasteiger partial charge < -0.3 is 5.32 Å². The third-order valence-corrected chi connectivity index (χ3v) is 3.37. The molecule has 0 bridgehead atoms. The number of halogens is 1. The third-order valence-electron chi connectivity index (χ3n) is 3.02. The van der Waals surface area contributed by atoms with Crippen LogP contribution in [0.2, 0.25) is 5.02 Å². The fourth-order valence-corrected chi connectivity index (χ4v) is 2.19. The number of carbonyl (C=O) groups is 1. The minimum atomic E-state index is -0.328. The second-order valence-corrected chi connectivity index (χ2v) is 5.41. The largest absolute Gasteiger partial charge is 0.312 e. The van der Waals surface area contributed by atoms with Gasteiger partial charge >= 0.3 is 0 Å². The van der Waals surface area contributed by atoms with Crippen LogP contribution in [0.15, 0.2) is 29.8 Å². The molecule has 2 rings (SSSR count). The summed E-state index contributed by atoms with van der Waals surface area (Å²) >= 11 is 6.09. The molecular formula is C14H16ClNO. The fourth-order valence-electron chi connectivity index (χ4n) is 2.00. The summed E-state index contributed by atoms with van der Waals surface area (Å²) in [5.41, 5.74) is 1.37. The Kier molecular flexibility index (Phi) is 3.36. The Morgan fingerprint density at radius 2 is 2.06 bits per heavy atom. The molecular weight excluding hydrogens is 234 g/mol. The van der Waals surface area contributed by atoms with Crippen LogP contribution in [0.3, 0.4) is 0 Å². The zero-order valence-electron chi connectivity index (χ0n) is 10.1. The first-order valence-corrected chi connectivity index (χ1v) is 6.09. The molecule has 0 spiro atoms. The number of rotatable bonds is 1. The van der Waals surface area contributed by atoms with Gasteiger partial charge in [-0.15, -0.1) is 0 Å². The lowest BCUT2D eigenvalue weighted by Gasteiger charge is -2.30. The highest BCUT2D eigenvalue weighted by atomic mass is 35.5. The Labute approximate surface area is 107 Å². The van der Waals surface area contributed by atoms with Crippen LogP contribution in [0.25, 0.3) is 6.08 Å². The van der Waals surface area contributed by atoms with Gasteiger partial charge in [-0.3, -0.25) is 4.79 Å². The molecule has 1 heterocycles. The molecule has 0 aromatic heterocycles. The lowest BCUT2D eigenvalue weighted by molar-refractivity contribution is -0.124. The minimum absolute atomic E-state index is 0.205. The van der Waals surface area contributed by atoms with E-state index in [0.29, 0.717) is 11.6 Å². The number of piperidine rings is 1. The molecule has 1 saturated heterocycles. The highest BCUT2D eigenvalue weighted by molar-refractivity contribution is 6.32. The van der Waals surface area contributed by atoms with Crippen LogP contribution in [0.5, 0.6) is 0 Å². The Hall–Kier alpha value is -1.12. The average Bonchev–Trinajstić information content (AvgIpc) is 2.28. The molecule has 0 unspecified atom stereocenters. The Balaban J connectivity index is 2.34. The van der Waals surface area contributed by atoms with Gasteiger partial charge in [0.2, 0.25) is 0 Å². The summed E-state index contributed by atoms with van der Waals surface area (Å²) < 4.78 is 0. The third kappa shape index (κ3) is 2.59. The van der Waals surface area contributed by atoms with E-state index >= 15 is 0 Å². The molecule has 2 nitrogen and oxygen atoms in total. The van der Waals surface area contributed by atoms with E-state index in [0.717, 1.165) is 17.7 Å². The van der Waals surface area contributed by atoms with Gasteiger partial charge in [0.05, 0.1) is 0 Å². The topological polar surface area (TPSA) is 29.1 Å². The highest BCUT2D eigenvalue weighted by Crippen LogP contribution is 2.26. The zero-order chi connectivity index (χ0) is 12.5. The molecule has 3 heteroatoms. The van der Waals surface area contributed by atoms with Gasteiger partial charge in [-0.2, -0.15) is 0 Å². The number of Topliss-reactive ketones (excluding diaryl/α,β-unsaturated/α-hetero) is 1. The maximum Gasteiger partial charge on any atom is 0.167 e. The van der Waals surface area contributed by atoms with E-state index in [9.17, 15) is 4.79 Å². The van der Waals surface area contributed by atoms with E-state index in [1.807, 2.05) is 44.2 Å². The predicted octanol–water partition coefficient (Wildman–Crippen LogP) is 2.92. The second kappa shape index (κ2) is 4.63. The molecule has 0 saturated carbocycles. The molecule has 0 atom stereocenters. The summed E-state index contributed by atoms with van der Waals surface area (Å²) in [5, 5.41) is 3.94.